The van der Waals surface area contributed by atoms with E-state index in [-0.39, 0.29) is 9.74 Å². The number of hydrogen-bond acceptors (Lipinski definition) is 6. The van der Waals surface area contributed by atoms with E-state index in [0.29, 0.717) is 45.2 Å². The van der Waals surface area contributed by atoms with E-state index in [4.69, 9.17) is 21.7 Å². The molecule has 0 saturated carbocycles. The van der Waals surface area contributed by atoms with Crippen LogP contribution in [-0.4, -0.2) is 32.8 Å². The van der Waals surface area contributed by atoms with Crippen molar-refractivity contribution in [1.29, 1.82) is 0 Å². The SMILES string of the molecule is CCOc1cc(/C=C2/SC(=S)N(C(C(=O)O)c3ccccc3)C2=O)cc(Br)c1OCc1ccc(C(C)(C)C)cc1. The lowest BCUT2D eigenvalue weighted by Crippen LogP contribution is -2.37. The molecule has 3 aromatic rings. The summed E-state index contributed by atoms with van der Waals surface area (Å²) in [5.41, 5.74) is 3.51. The Morgan fingerprint density at radius 2 is 1.77 bits per heavy atom. The standard InChI is InChI=1S/C31H30BrNO5S2/c1-5-37-24-16-20(15-23(32)27(24)38-18-19-11-13-22(14-12-19)31(2,3)4)17-25-28(34)33(30(39)40-25)26(29(35)36)21-9-7-6-8-10-21/h6-17,26H,5,18H2,1-4H3,(H,35,36)/b25-17+. The Bertz CT molecular complexity index is 1450. The van der Waals surface area contributed by atoms with Gasteiger partial charge in [0, 0.05) is 0 Å². The fourth-order valence-electron chi connectivity index (χ4n) is 4.22. The normalized spacial score (nSPS) is 15.4. The molecular weight excluding hydrogens is 610 g/mol. The lowest BCUT2D eigenvalue weighted by Gasteiger charge is -2.23. The third kappa shape index (κ3) is 6.77. The second-order valence-electron chi connectivity index (χ2n) is 10.2. The minimum atomic E-state index is -1.21. The van der Waals surface area contributed by atoms with Crippen LogP contribution in [0.1, 0.15) is 56.0 Å². The fourth-order valence-corrected chi connectivity index (χ4v) is 6.11. The number of carbonyl (C=O) groups is 2. The van der Waals surface area contributed by atoms with Gasteiger partial charge in [-0.05, 0) is 68.7 Å². The number of amides is 1. The summed E-state index contributed by atoms with van der Waals surface area (Å²) in [5, 5.41) is 9.92. The molecule has 1 aliphatic rings. The minimum Gasteiger partial charge on any atom is -0.490 e. The molecule has 1 fully saturated rings. The van der Waals surface area contributed by atoms with E-state index in [1.54, 1.807) is 42.5 Å². The smallest absolute Gasteiger partial charge is 0.331 e. The number of thioether (sulfide) groups is 1. The van der Waals surface area contributed by atoms with Crippen molar-refractivity contribution >= 4 is 62.2 Å². The van der Waals surface area contributed by atoms with Crippen molar-refractivity contribution in [3.05, 3.63) is 98.4 Å². The van der Waals surface area contributed by atoms with Crippen LogP contribution in [0.15, 0.2) is 76.1 Å². The maximum absolute atomic E-state index is 13.4. The van der Waals surface area contributed by atoms with Crippen LogP contribution in [0.25, 0.3) is 6.08 Å². The molecule has 208 valence electrons. The summed E-state index contributed by atoms with van der Waals surface area (Å²) in [7, 11) is 0. The highest BCUT2D eigenvalue weighted by molar-refractivity contribution is 9.10. The maximum atomic E-state index is 13.4. The summed E-state index contributed by atoms with van der Waals surface area (Å²) >= 11 is 10.1. The predicted octanol–water partition coefficient (Wildman–Crippen LogP) is 7.75. The highest BCUT2D eigenvalue weighted by Gasteiger charge is 2.41. The molecule has 1 atom stereocenters. The van der Waals surface area contributed by atoms with Crippen molar-refractivity contribution in [1.82, 2.24) is 4.90 Å². The van der Waals surface area contributed by atoms with Crippen molar-refractivity contribution < 1.29 is 24.2 Å². The van der Waals surface area contributed by atoms with Gasteiger partial charge in [-0.2, -0.15) is 0 Å². The van der Waals surface area contributed by atoms with Gasteiger partial charge in [-0.3, -0.25) is 9.69 Å². The van der Waals surface area contributed by atoms with Crippen LogP contribution >= 0.6 is 39.9 Å². The van der Waals surface area contributed by atoms with Crippen molar-refractivity contribution in [2.45, 2.75) is 45.8 Å². The zero-order chi connectivity index (χ0) is 29.0. The van der Waals surface area contributed by atoms with Crippen LogP contribution in [-0.2, 0) is 21.6 Å². The van der Waals surface area contributed by atoms with E-state index in [0.717, 1.165) is 22.2 Å². The minimum absolute atomic E-state index is 0.0741. The molecule has 6 nitrogen and oxygen atoms in total. The Morgan fingerprint density at radius 1 is 1.10 bits per heavy atom. The van der Waals surface area contributed by atoms with Crippen molar-refractivity contribution in [2.75, 3.05) is 6.61 Å². The number of carbonyl (C=O) groups excluding carboxylic acids is 1. The van der Waals surface area contributed by atoms with E-state index in [1.807, 2.05) is 13.0 Å². The number of nitrogens with zero attached hydrogens (tertiary/aromatic N) is 1. The highest BCUT2D eigenvalue weighted by Crippen LogP contribution is 2.41. The number of benzene rings is 3. The monoisotopic (exact) mass is 639 g/mol. The second kappa shape index (κ2) is 12.6. The molecule has 0 radical (unpaired) electrons. The number of thiocarbonyl (C=S) groups is 1. The van der Waals surface area contributed by atoms with Crippen molar-refractivity contribution in [3.8, 4) is 11.5 Å². The average molecular weight is 641 g/mol. The van der Waals surface area contributed by atoms with E-state index in [2.05, 4.69) is 61.0 Å². The first-order chi connectivity index (χ1) is 19.0. The summed E-state index contributed by atoms with van der Waals surface area (Å²) in [6.45, 7) is 9.20. The maximum Gasteiger partial charge on any atom is 0.331 e. The molecule has 0 bridgehead atoms. The Balaban J connectivity index is 1.58. The predicted molar refractivity (Wildman–Crippen MR) is 167 cm³/mol. The third-order valence-electron chi connectivity index (χ3n) is 6.26. The number of rotatable bonds is 9. The van der Waals surface area contributed by atoms with Gasteiger partial charge in [0.1, 0.15) is 10.9 Å². The van der Waals surface area contributed by atoms with Gasteiger partial charge < -0.3 is 14.6 Å². The summed E-state index contributed by atoms with van der Waals surface area (Å²) in [6.07, 6.45) is 1.69. The quantitative estimate of drug-likeness (QED) is 0.189. The highest BCUT2D eigenvalue weighted by atomic mass is 79.9. The molecule has 4 rings (SSSR count). The summed E-state index contributed by atoms with van der Waals surface area (Å²) in [6, 6.07) is 19.4. The Labute approximate surface area is 252 Å². The first-order valence-electron chi connectivity index (χ1n) is 12.7. The van der Waals surface area contributed by atoms with Crippen molar-refractivity contribution in [3.63, 3.8) is 0 Å². The second-order valence-corrected chi connectivity index (χ2v) is 12.7. The van der Waals surface area contributed by atoms with Crippen LogP contribution in [0.4, 0.5) is 0 Å². The van der Waals surface area contributed by atoms with Gasteiger partial charge in [0.05, 0.1) is 16.0 Å². The molecule has 1 heterocycles. The Kier molecular flexibility index (Phi) is 9.38. The number of halogens is 1. The third-order valence-corrected chi connectivity index (χ3v) is 8.18. The molecular formula is C31H30BrNO5S2. The molecule has 1 aliphatic heterocycles. The fraction of sp³-hybridized carbons (Fsp3) is 0.258. The average Bonchev–Trinajstić information content (AvgIpc) is 3.16. The van der Waals surface area contributed by atoms with Crippen LogP contribution in [0.2, 0.25) is 0 Å². The largest absolute Gasteiger partial charge is 0.490 e. The molecule has 9 heteroatoms. The number of aliphatic carboxylic acids is 1. The van der Waals surface area contributed by atoms with Gasteiger partial charge in [0.2, 0.25) is 0 Å². The molecule has 3 aromatic carbocycles. The molecule has 1 unspecified atom stereocenters. The molecule has 0 aromatic heterocycles. The van der Waals surface area contributed by atoms with E-state index < -0.39 is 17.9 Å². The summed E-state index contributed by atoms with van der Waals surface area (Å²) in [4.78, 5) is 27.0. The van der Waals surface area contributed by atoms with E-state index >= 15 is 0 Å². The van der Waals surface area contributed by atoms with Gasteiger partial charge in [0.15, 0.2) is 17.5 Å². The van der Waals surface area contributed by atoms with Crippen LogP contribution in [0, 0.1) is 0 Å². The molecule has 1 N–H and O–H groups in total. The number of carboxylic acids is 1. The summed E-state index contributed by atoms with van der Waals surface area (Å²) < 4.78 is 12.9. The molecule has 0 aliphatic carbocycles. The lowest BCUT2D eigenvalue weighted by molar-refractivity contribution is -0.145. The lowest BCUT2D eigenvalue weighted by atomic mass is 9.87. The number of ether oxygens (including phenoxy) is 2. The molecule has 40 heavy (non-hydrogen) atoms. The van der Waals surface area contributed by atoms with Crippen LogP contribution in [0.5, 0.6) is 11.5 Å². The van der Waals surface area contributed by atoms with Gasteiger partial charge in [-0.1, -0.05) is 99.3 Å². The van der Waals surface area contributed by atoms with Gasteiger partial charge >= 0.3 is 5.97 Å². The molecule has 1 amide bonds. The zero-order valence-corrected chi connectivity index (χ0v) is 25.9. The topological polar surface area (TPSA) is 76.1 Å². The number of hydrogen-bond donors (Lipinski definition) is 1. The van der Waals surface area contributed by atoms with Gasteiger partial charge in [-0.25, -0.2) is 4.79 Å². The first-order valence-corrected chi connectivity index (χ1v) is 14.7. The van der Waals surface area contributed by atoms with Crippen LogP contribution in [0.3, 0.4) is 0 Å². The van der Waals surface area contributed by atoms with Gasteiger partial charge in [0.25, 0.3) is 5.91 Å². The molecule has 0 spiro atoms. The Morgan fingerprint density at radius 3 is 2.38 bits per heavy atom. The van der Waals surface area contributed by atoms with Gasteiger partial charge in [-0.15, -0.1) is 0 Å². The summed E-state index contributed by atoms with van der Waals surface area (Å²) in [5.74, 6) is -0.530. The van der Waals surface area contributed by atoms with E-state index in [9.17, 15) is 14.7 Å². The van der Waals surface area contributed by atoms with Crippen molar-refractivity contribution in [2.24, 2.45) is 0 Å². The van der Waals surface area contributed by atoms with E-state index in [1.165, 1.54) is 5.56 Å². The first kappa shape index (κ1) is 29.8. The number of carboxylic acid groups (broad SMARTS) is 1. The Hall–Kier alpha value is -3.14. The molecule has 1 saturated heterocycles. The zero-order valence-electron chi connectivity index (χ0n) is 22.6. The van der Waals surface area contributed by atoms with Crippen LogP contribution < -0.4 is 9.47 Å².